The zero-order chi connectivity index (χ0) is 23.9. The Balaban J connectivity index is 1.09. The number of benzene rings is 1. The van der Waals surface area contributed by atoms with Gasteiger partial charge in [-0.15, -0.1) is 0 Å². The predicted molar refractivity (Wildman–Crippen MR) is 139 cm³/mol. The molecular formula is C27H31N5O2S. The maximum atomic E-state index is 12.9. The molecule has 0 aliphatic carbocycles. The molecule has 0 saturated carbocycles. The summed E-state index contributed by atoms with van der Waals surface area (Å²) in [5.41, 5.74) is 2.26. The number of pyridine rings is 1. The maximum absolute atomic E-state index is 12.9. The molecule has 4 aromatic rings. The number of piperidine rings is 1. The Morgan fingerprint density at radius 3 is 2.71 bits per heavy atom. The highest BCUT2D eigenvalue weighted by atomic mass is 32.1. The highest BCUT2D eigenvalue weighted by Gasteiger charge is 2.26. The number of carbonyl (C=O) groups is 1. The first-order valence-corrected chi connectivity index (χ1v) is 13.1. The Bertz CT molecular complexity index is 1170. The van der Waals surface area contributed by atoms with Crippen LogP contribution >= 0.6 is 11.3 Å². The van der Waals surface area contributed by atoms with Gasteiger partial charge < -0.3 is 14.6 Å². The van der Waals surface area contributed by atoms with E-state index < -0.39 is 0 Å². The van der Waals surface area contributed by atoms with Gasteiger partial charge in [0.1, 0.15) is 16.1 Å². The van der Waals surface area contributed by atoms with E-state index in [0.717, 1.165) is 73.2 Å². The smallest absolute Gasteiger partial charge is 0.223 e. The normalized spacial score (nSPS) is 14.6. The van der Waals surface area contributed by atoms with Crippen LogP contribution in [-0.2, 0) is 17.8 Å². The van der Waals surface area contributed by atoms with Gasteiger partial charge in [-0.3, -0.25) is 9.69 Å². The fraction of sp³-hybridized carbons (Fsp3) is 0.370. The molecule has 4 heterocycles. The molecule has 1 aliphatic rings. The average Bonchev–Trinajstić information content (AvgIpc) is 3.58. The fourth-order valence-electron chi connectivity index (χ4n) is 4.53. The summed E-state index contributed by atoms with van der Waals surface area (Å²) in [4.78, 5) is 27.6. The highest BCUT2D eigenvalue weighted by Crippen LogP contribution is 2.30. The molecule has 0 spiro atoms. The third kappa shape index (κ3) is 6.26. The van der Waals surface area contributed by atoms with Gasteiger partial charge in [-0.05, 0) is 49.1 Å². The van der Waals surface area contributed by atoms with E-state index in [1.807, 2.05) is 30.3 Å². The number of rotatable bonds is 10. The molecule has 1 aliphatic heterocycles. The van der Waals surface area contributed by atoms with Crippen molar-refractivity contribution in [3.05, 3.63) is 78.4 Å². The Morgan fingerprint density at radius 1 is 1.09 bits per heavy atom. The van der Waals surface area contributed by atoms with E-state index >= 15 is 0 Å². The van der Waals surface area contributed by atoms with Gasteiger partial charge in [0.15, 0.2) is 5.13 Å². The zero-order valence-electron chi connectivity index (χ0n) is 19.8. The number of fused-ring (bicyclic) bond motifs is 1. The minimum Gasteiger partial charge on any atom is -0.468 e. The molecule has 182 valence electrons. The summed E-state index contributed by atoms with van der Waals surface area (Å²) < 4.78 is 5.56. The molecular weight excluding hydrogens is 458 g/mol. The molecule has 0 unspecified atom stereocenters. The van der Waals surface area contributed by atoms with Crippen LogP contribution in [0.15, 0.2) is 71.5 Å². The van der Waals surface area contributed by atoms with Crippen molar-refractivity contribution in [3.63, 3.8) is 0 Å². The van der Waals surface area contributed by atoms with Crippen molar-refractivity contribution in [1.29, 1.82) is 0 Å². The number of anilines is 1. The van der Waals surface area contributed by atoms with Gasteiger partial charge in [0, 0.05) is 44.8 Å². The molecule has 7 nitrogen and oxygen atoms in total. The lowest BCUT2D eigenvalue weighted by Gasteiger charge is -2.31. The first-order chi connectivity index (χ1) is 17.2. The molecule has 0 bridgehead atoms. The van der Waals surface area contributed by atoms with Crippen LogP contribution < -0.4 is 10.2 Å². The molecule has 0 atom stereocenters. The van der Waals surface area contributed by atoms with Crippen molar-refractivity contribution >= 4 is 32.7 Å². The van der Waals surface area contributed by atoms with Crippen molar-refractivity contribution in [2.24, 2.45) is 5.92 Å². The molecule has 1 amide bonds. The summed E-state index contributed by atoms with van der Waals surface area (Å²) in [6, 6.07) is 18.3. The summed E-state index contributed by atoms with van der Waals surface area (Å²) >= 11 is 1.62. The van der Waals surface area contributed by atoms with Crippen molar-refractivity contribution in [2.45, 2.75) is 25.8 Å². The van der Waals surface area contributed by atoms with Crippen LogP contribution in [0.3, 0.4) is 0 Å². The van der Waals surface area contributed by atoms with Crippen LogP contribution in [0, 0.1) is 5.92 Å². The van der Waals surface area contributed by atoms with Crippen molar-refractivity contribution in [1.82, 2.24) is 20.2 Å². The van der Waals surface area contributed by atoms with Crippen LogP contribution in [-0.4, -0.2) is 53.5 Å². The SMILES string of the molecule is O=C(NCCN(CCc1ccccc1)Cc1ccco1)C1CCN(c2nc3cccnc3s2)CC1. The number of nitrogens with one attached hydrogen (secondary N) is 1. The second-order valence-electron chi connectivity index (χ2n) is 8.97. The fourth-order valence-corrected chi connectivity index (χ4v) is 5.49. The summed E-state index contributed by atoms with van der Waals surface area (Å²) in [6.45, 7) is 4.77. The van der Waals surface area contributed by atoms with E-state index in [9.17, 15) is 4.79 Å². The third-order valence-electron chi connectivity index (χ3n) is 6.54. The zero-order valence-corrected chi connectivity index (χ0v) is 20.6. The van der Waals surface area contributed by atoms with E-state index in [1.165, 1.54) is 5.56 Å². The lowest BCUT2D eigenvalue weighted by Crippen LogP contribution is -2.42. The number of nitrogens with zero attached hydrogens (tertiary/aromatic N) is 4. The Morgan fingerprint density at radius 2 is 1.94 bits per heavy atom. The van der Waals surface area contributed by atoms with Crippen LogP contribution in [0.25, 0.3) is 10.3 Å². The highest BCUT2D eigenvalue weighted by molar-refractivity contribution is 7.21. The molecule has 0 radical (unpaired) electrons. The lowest BCUT2D eigenvalue weighted by molar-refractivity contribution is -0.125. The lowest BCUT2D eigenvalue weighted by atomic mass is 9.96. The van der Waals surface area contributed by atoms with Crippen LogP contribution in [0.5, 0.6) is 0 Å². The van der Waals surface area contributed by atoms with E-state index in [-0.39, 0.29) is 11.8 Å². The topological polar surface area (TPSA) is 74.5 Å². The van der Waals surface area contributed by atoms with Gasteiger partial charge in [-0.1, -0.05) is 41.7 Å². The van der Waals surface area contributed by atoms with Gasteiger partial charge in [0.25, 0.3) is 0 Å². The summed E-state index contributed by atoms with van der Waals surface area (Å²) in [7, 11) is 0. The molecule has 1 saturated heterocycles. The Hall–Kier alpha value is -3.23. The molecule has 5 rings (SSSR count). The van der Waals surface area contributed by atoms with Gasteiger partial charge in [-0.2, -0.15) is 0 Å². The quantitative estimate of drug-likeness (QED) is 0.357. The maximum Gasteiger partial charge on any atom is 0.223 e. The van der Waals surface area contributed by atoms with Crippen LogP contribution in [0.2, 0.25) is 0 Å². The first kappa shape index (κ1) is 23.5. The van der Waals surface area contributed by atoms with E-state index in [1.54, 1.807) is 23.8 Å². The van der Waals surface area contributed by atoms with Crippen LogP contribution in [0.4, 0.5) is 5.13 Å². The predicted octanol–water partition coefficient (Wildman–Crippen LogP) is 4.36. The first-order valence-electron chi connectivity index (χ1n) is 12.3. The summed E-state index contributed by atoms with van der Waals surface area (Å²) in [5.74, 6) is 1.17. The standard InChI is InChI=1S/C27H31N5O2S/c33-25(22-11-16-32(17-12-22)27-30-24-9-4-13-29-26(24)35-27)28-14-18-31(20-23-8-5-19-34-23)15-10-21-6-2-1-3-7-21/h1-9,13,19,22H,10-12,14-18,20H2,(H,28,33). The van der Waals surface area contributed by atoms with Gasteiger partial charge in [-0.25, -0.2) is 9.97 Å². The monoisotopic (exact) mass is 489 g/mol. The summed E-state index contributed by atoms with van der Waals surface area (Å²) in [6.07, 6.45) is 6.18. The Labute approximate surface area is 209 Å². The summed E-state index contributed by atoms with van der Waals surface area (Å²) in [5, 5.41) is 4.19. The second-order valence-corrected chi connectivity index (χ2v) is 9.92. The molecule has 1 N–H and O–H groups in total. The third-order valence-corrected chi connectivity index (χ3v) is 7.58. The van der Waals surface area contributed by atoms with Crippen molar-refractivity contribution in [2.75, 3.05) is 37.6 Å². The van der Waals surface area contributed by atoms with E-state index in [2.05, 4.69) is 44.4 Å². The number of carbonyl (C=O) groups excluding carboxylic acids is 1. The minimum atomic E-state index is 0.0570. The number of hydrogen-bond acceptors (Lipinski definition) is 7. The molecule has 8 heteroatoms. The van der Waals surface area contributed by atoms with E-state index in [0.29, 0.717) is 6.54 Å². The largest absolute Gasteiger partial charge is 0.468 e. The van der Waals surface area contributed by atoms with E-state index in [4.69, 9.17) is 9.40 Å². The number of thiazole rings is 1. The number of hydrogen-bond donors (Lipinski definition) is 1. The molecule has 1 aromatic carbocycles. The van der Waals surface area contributed by atoms with Gasteiger partial charge >= 0.3 is 0 Å². The van der Waals surface area contributed by atoms with Crippen LogP contribution in [0.1, 0.15) is 24.2 Å². The number of furan rings is 1. The second kappa shape index (κ2) is 11.5. The molecule has 35 heavy (non-hydrogen) atoms. The molecule has 1 fully saturated rings. The van der Waals surface area contributed by atoms with Crippen molar-refractivity contribution < 1.29 is 9.21 Å². The van der Waals surface area contributed by atoms with Gasteiger partial charge in [0.2, 0.25) is 5.91 Å². The number of aromatic nitrogens is 2. The molecule has 3 aromatic heterocycles. The number of amides is 1. The Kier molecular flexibility index (Phi) is 7.70. The minimum absolute atomic E-state index is 0.0570. The van der Waals surface area contributed by atoms with Crippen molar-refractivity contribution in [3.8, 4) is 0 Å². The average molecular weight is 490 g/mol. The van der Waals surface area contributed by atoms with Gasteiger partial charge in [0.05, 0.1) is 12.8 Å².